The fourth-order valence-corrected chi connectivity index (χ4v) is 17.5. The molecule has 564 valence electrons. The Balaban J connectivity index is 0.000000107. The maximum atomic E-state index is 4.84. The van der Waals surface area contributed by atoms with Crippen LogP contribution in [-0.2, 0) is 0 Å². The molecule has 25 rings (SSSR count). The summed E-state index contributed by atoms with van der Waals surface area (Å²) in [4.78, 5) is 28.6. The molecule has 0 amide bonds. The Morgan fingerprint density at radius 1 is 0.157 bits per heavy atom. The first-order valence-electron chi connectivity index (χ1n) is 40.1. The summed E-state index contributed by atoms with van der Waals surface area (Å²) in [5.41, 5.74) is 22.8. The largest absolute Gasteiger partial charge is 0.290 e. The molecule has 16 aromatic carbocycles. The molecule has 0 N–H and O–H groups in total. The molecule has 0 bridgehead atoms. The highest BCUT2D eigenvalue weighted by atomic mass is 15.2. The van der Waals surface area contributed by atoms with Gasteiger partial charge in [-0.05, 0) is 131 Å². The molecule has 15 nitrogen and oxygen atoms in total. The fourth-order valence-electron chi connectivity index (χ4n) is 17.5. The molecular formula is C106H65N15. The summed E-state index contributed by atoms with van der Waals surface area (Å²) in [7, 11) is 0. The van der Waals surface area contributed by atoms with Crippen LogP contribution in [0.25, 0.3) is 226 Å². The highest BCUT2D eigenvalue weighted by molar-refractivity contribution is 6.17. The molecule has 0 radical (unpaired) electrons. The van der Waals surface area contributed by atoms with E-state index in [0.29, 0.717) is 45.4 Å². The predicted molar refractivity (Wildman–Crippen MR) is 491 cm³/mol. The number of aromatic nitrogens is 15. The first-order valence-corrected chi connectivity index (χ1v) is 40.1. The summed E-state index contributed by atoms with van der Waals surface area (Å²) in [5.74, 6) is 2.01. The van der Waals surface area contributed by atoms with Crippen LogP contribution in [0.15, 0.2) is 395 Å². The Bertz CT molecular complexity index is 8390. The van der Waals surface area contributed by atoms with Crippen molar-refractivity contribution in [3.05, 3.63) is 395 Å². The van der Waals surface area contributed by atoms with E-state index < -0.39 is 0 Å². The third-order valence-electron chi connectivity index (χ3n) is 23.2. The van der Waals surface area contributed by atoms with E-state index in [4.69, 9.17) is 50.4 Å². The molecule has 0 aliphatic rings. The molecule has 9 aromatic heterocycles. The lowest BCUT2D eigenvalue weighted by Crippen LogP contribution is -2.04. The predicted octanol–water partition coefficient (Wildman–Crippen LogP) is 25.2. The van der Waals surface area contributed by atoms with Crippen LogP contribution in [-0.4, -0.2) is 74.2 Å². The van der Waals surface area contributed by atoms with E-state index in [1.807, 2.05) is 36.4 Å². The minimum atomic E-state index is 0.665. The van der Waals surface area contributed by atoms with Crippen molar-refractivity contribution in [2.75, 3.05) is 0 Å². The van der Waals surface area contributed by atoms with Crippen LogP contribution in [0.5, 0.6) is 0 Å². The molecule has 0 saturated carbocycles. The molecule has 9 heterocycles. The number of fused-ring (bicyclic) bond motifs is 16. The van der Waals surface area contributed by atoms with E-state index in [1.54, 1.807) is 37.2 Å². The van der Waals surface area contributed by atoms with E-state index in [1.165, 1.54) is 81.3 Å². The van der Waals surface area contributed by atoms with E-state index in [-0.39, 0.29) is 0 Å². The lowest BCUT2D eigenvalue weighted by molar-refractivity contribution is 0.965. The van der Waals surface area contributed by atoms with Gasteiger partial charge in [0.2, 0.25) is 0 Å². The Hall–Kier alpha value is -16.8. The van der Waals surface area contributed by atoms with Crippen LogP contribution in [0, 0.1) is 0 Å². The number of para-hydroxylation sites is 3. The Morgan fingerprint density at radius 2 is 0.413 bits per heavy atom. The molecule has 0 aliphatic carbocycles. The molecule has 15 heteroatoms. The summed E-state index contributed by atoms with van der Waals surface area (Å²) in [6, 6.07) is 125. The van der Waals surface area contributed by atoms with E-state index in [2.05, 4.69) is 345 Å². The third kappa shape index (κ3) is 12.1. The maximum Gasteiger partial charge on any atom is 0.188 e. The molecule has 0 unspecified atom stereocenters. The minimum Gasteiger partial charge on any atom is -0.290 e. The van der Waals surface area contributed by atoms with Crippen LogP contribution >= 0.6 is 0 Å². The molecular weight excluding hydrogens is 1480 g/mol. The lowest BCUT2D eigenvalue weighted by Gasteiger charge is -2.12. The van der Waals surface area contributed by atoms with Gasteiger partial charge in [-0.2, -0.15) is 0 Å². The monoisotopic (exact) mass is 1550 g/mol. The standard InChI is InChI=1S/C40H25N5.C38H23N5.C28H17N5/c1-2-8-26(9-3-1)27-14-16-28(17-15-27)29-18-20-30(21-19-29)37-38-39(42-23-22-41-38)40(44-43-37)45-35-13-7-6-12-33(35)34-24-31-10-4-5-11-32(31)25-36(34)45;1-2-10-28-23-34-32(22-27(28)9-1)31-13-5-6-15-33(31)43(34)38-37-36(39-20-21-40-37)35(41-42-38)26-18-16-25(17-19-26)30-14-7-11-24-8-3-4-12-29(24)30;1-2-8-18(9-3-1)25-26-27(30-15-14-29-26)28(32-31-25)33-23-13-7-6-12-21(23)22-16-19-10-4-5-11-20(19)17-24(22)33/h1-25H;1-23H;1-17H. The van der Waals surface area contributed by atoms with Gasteiger partial charge in [-0.25, -0.2) is 15.0 Å². The van der Waals surface area contributed by atoms with Gasteiger partial charge < -0.3 is 0 Å². The van der Waals surface area contributed by atoms with Gasteiger partial charge in [-0.3, -0.25) is 28.7 Å². The molecule has 0 aliphatic heterocycles. The van der Waals surface area contributed by atoms with Crippen molar-refractivity contribution < 1.29 is 0 Å². The van der Waals surface area contributed by atoms with Crippen LogP contribution < -0.4 is 0 Å². The van der Waals surface area contributed by atoms with Crippen molar-refractivity contribution in [1.29, 1.82) is 0 Å². The summed E-state index contributed by atoms with van der Waals surface area (Å²) in [6.45, 7) is 0. The minimum absolute atomic E-state index is 0.665. The molecule has 0 spiro atoms. The normalized spacial score (nSPS) is 11.6. The average molecular weight is 1550 g/mol. The van der Waals surface area contributed by atoms with Gasteiger partial charge >= 0.3 is 0 Å². The van der Waals surface area contributed by atoms with E-state index in [0.717, 1.165) is 99.5 Å². The highest BCUT2D eigenvalue weighted by Gasteiger charge is 2.25. The van der Waals surface area contributed by atoms with Crippen molar-refractivity contribution in [3.8, 4) is 84.6 Å². The maximum absolute atomic E-state index is 4.84. The topological polar surface area (TPSA) is 169 Å². The van der Waals surface area contributed by atoms with E-state index >= 15 is 0 Å². The van der Waals surface area contributed by atoms with Crippen LogP contribution in [0.1, 0.15) is 0 Å². The first kappa shape index (κ1) is 69.7. The smallest absolute Gasteiger partial charge is 0.188 e. The zero-order valence-electron chi connectivity index (χ0n) is 64.7. The van der Waals surface area contributed by atoms with E-state index in [9.17, 15) is 0 Å². The first-order chi connectivity index (χ1) is 60.0. The average Bonchev–Trinajstić information content (AvgIpc) is 1.60. The molecule has 25 aromatic rings. The number of benzene rings is 16. The van der Waals surface area contributed by atoms with Gasteiger partial charge in [0.15, 0.2) is 17.5 Å². The second kappa shape index (κ2) is 29.2. The highest BCUT2D eigenvalue weighted by Crippen LogP contribution is 2.43. The molecule has 0 saturated heterocycles. The van der Waals surface area contributed by atoms with Crippen molar-refractivity contribution in [1.82, 2.24) is 74.2 Å². The van der Waals surface area contributed by atoms with Gasteiger partial charge in [0.05, 0.1) is 33.1 Å². The fraction of sp³-hybridized carbons (Fsp3) is 0. The number of nitrogens with zero attached hydrogens (tertiary/aromatic N) is 15. The van der Waals surface area contributed by atoms with Gasteiger partial charge in [0, 0.05) is 86.2 Å². The molecule has 121 heavy (non-hydrogen) atoms. The summed E-state index contributed by atoms with van der Waals surface area (Å²) in [6.07, 6.45) is 10.3. The quantitative estimate of drug-likeness (QED) is 0.134. The van der Waals surface area contributed by atoms with Gasteiger partial charge in [-0.15, -0.1) is 30.6 Å². The van der Waals surface area contributed by atoms with Crippen molar-refractivity contribution in [2.24, 2.45) is 0 Å². The Kier molecular flexibility index (Phi) is 16.8. The third-order valence-corrected chi connectivity index (χ3v) is 23.2. The SMILES string of the molecule is c1ccc(-c2ccc(-c3ccc(-c4nnc(-n5c6ccccc6c6cc7ccccc7cc65)c5nccnc45)cc3)cc2)cc1.c1ccc(-c2nnc(-n3c4ccccc4c4cc5ccccc5cc43)c3nccnc23)cc1.c1ccc2cc3c(cc2c1)c1ccccc1n3-c1nnc(-c2ccc(-c3cccc4ccccc34)cc2)c2nccnc12. The van der Waals surface area contributed by atoms with Crippen molar-refractivity contribution in [3.63, 3.8) is 0 Å². The summed E-state index contributed by atoms with van der Waals surface area (Å²) in [5, 5.41) is 45.2. The van der Waals surface area contributed by atoms with Gasteiger partial charge in [-0.1, -0.05) is 303 Å². The second-order valence-electron chi connectivity index (χ2n) is 30.1. The van der Waals surface area contributed by atoms with Crippen LogP contribution in [0.3, 0.4) is 0 Å². The van der Waals surface area contributed by atoms with Crippen molar-refractivity contribution in [2.45, 2.75) is 0 Å². The van der Waals surface area contributed by atoms with Crippen LogP contribution in [0.2, 0.25) is 0 Å². The number of hydrogen-bond donors (Lipinski definition) is 0. The van der Waals surface area contributed by atoms with Gasteiger partial charge in [0.1, 0.15) is 50.2 Å². The number of hydrogen-bond acceptors (Lipinski definition) is 12. The zero-order chi connectivity index (χ0) is 79.9. The van der Waals surface area contributed by atoms with Crippen LogP contribution in [0.4, 0.5) is 0 Å². The molecule has 0 fully saturated rings. The lowest BCUT2D eigenvalue weighted by atomic mass is 9.97. The summed E-state index contributed by atoms with van der Waals surface area (Å²) >= 11 is 0. The van der Waals surface area contributed by atoms with Gasteiger partial charge in [0.25, 0.3) is 0 Å². The second-order valence-corrected chi connectivity index (χ2v) is 30.1. The summed E-state index contributed by atoms with van der Waals surface area (Å²) < 4.78 is 6.51. The van der Waals surface area contributed by atoms with Crippen molar-refractivity contribution >= 4 is 142 Å². The Morgan fingerprint density at radius 3 is 0.777 bits per heavy atom. The Labute approximate surface area is 691 Å². The molecule has 0 atom stereocenters. The number of rotatable bonds is 9. The zero-order valence-corrected chi connectivity index (χ0v) is 64.7.